The summed E-state index contributed by atoms with van der Waals surface area (Å²) in [4.78, 5) is 12.1. The highest BCUT2D eigenvalue weighted by Crippen LogP contribution is 2.22. The van der Waals surface area contributed by atoms with Gasteiger partial charge in [-0.25, -0.2) is 12.8 Å². The highest BCUT2D eigenvalue weighted by Gasteiger charge is 2.21. The van der Waals surface area contributed by atoms with E-state index in [9.17, 15) is 17.6 Å². The summed E-state index contributed by atoms with van der Waals surface area (Å²) in [6, 6.07) is 3.79. The Labute approximate surface area is 135 Å². The second-order valence-electron chi connectivity index (χ2n) is 5.08. The van der Waals surface area contributed by atoms with Crippen molar-refractivity contribution in [2.45, 2.75) is 12.8 Å². The third kappa shape index (κ3) is 5.43. The van der Waals surface area contributed by atoms with Crippen LogP contribution in [0.25, 0.3) is 0 Å². The molecule has 6 nitrogen and oxygen atoms in total. The van der Waals surface area contributed by atoms with Gasteiger partial charge in [-0.1, -0.05) is 0 Å². The number of hydrogen-bond acceptors (Lipinski definition) is 4. The number of halogens is 2. The fourth-order valence-corrected chi connectivity index (χ4v) is 2.77. The van der Waals surface area contributed by atoms with Crippen molar-refractivity contribution in [3.8, 4) is 0 Å². The third-order valence-electron chi connectivity index (χ3n) is 3.24. The molecular weight excluding hydrogens is 333 g/mol. The lowest BCUT2D eigenvalue weighted by Crippen LogP contribution is -2.34. The summed E-state index contributed by atoms with van der Waals surface area (Å²) in [7, 11) is -3.58. The predicted octanol–water partition coefficient (Wildman–Crippen LogP) is 1.56. The third-order valence-corrected chi connectivity index (χ3v) is 3.83. The smallest absolute Gasteiger partial charge is 0.229 e. The van der Waals surface area contributed by atoms with Gasteiger partial charge in [-0.15, -0.1) is 12.4 Å². The zero-order valence-electron chi connectivity index (χ0n) is 12.1. The Balaban J connectivity index is 0.00000242. The predicted molar refractivity (Wildman–Crippen MR) is 86.3 cm³/mol. The fraction of sp³-hybridized carbons (Fsp3) is 0.462. The van der Waals surface area contributed by atoms with Gasteiger partial charge in [0.2, 0.25) is 15.9 Å². The van der Waals surface area contributed by atoms with Crippen LogP contribution in [0, 0.1) is 11.7 Å². The van der Waals surface area contributed by atoms with Crippen molar-refractivity contribution in [3.63, 3.8) is 0 Å². The van der Waals surface area contributed by atoms with E-state index in [1.165, 1.54) is 12.1 Å². The lowest BCUT2D eigenvalue weighted by molar-refractivity contribution is -0.120. The molecule has 0 saturated carbocycles. The fourth-order valence-electron chi connectivity index (χ4n) is 2.21. The standard InChI is InChI=1S/C13H18FN3O3S.ClH/c1-21(19,20)17-12-8-10(2-3-11(12)14)16-13(18)9-4-6-15-7-5-9;/h2-3,8-9,15,17H,4-7H2,1H3,(H,16,18);1H. The zero-order valence-corrected chi connectivity index (χ0v) is 13.7. The Bertz CT molecular complexity index is 633. The van der Waals surface area contributed by atoms with Crippen LogP contribution in [0.15, 0.2) is 18.2 Å². The Hall–Kier alpha value is -1.38. The molecule has 3 N–H and O–H groups in total. The van der Waals surface area contributed by atoms with Crippen LogP contribution in [0.3, 0.4) is 0 Å². The Morgan fingerprint density at radius 3 is 2.55 bits per heavy atom. The average molecular weight is 352 g/mol. The first-order chi connectivity index (χ1) is 9.85. The van der Waals surface area contributed by atoms with Crippen LogP contribution >= 0.6 is 12.4 Å². The molecule has 0 atom stereocenters. The number of rotatable bonds is 4. The quantitative estimate of drug-likeness (QED) is 0.768. The van der Waals surface area contributed by atoms with Gasteiger partial charge in [-0.3, -0.25) is 9.52 Å². The minimum atomic E-state index is -3.58. The molecule has 1 aromatic rings. The van der Waals surface area contributed by atoms with Crippen LogP contribution in [0.4, 0.5) is 15.8 Å². The normalized spacial score (nSPS) is 15.7. The highest BCUT2D eigenvalue weighted by molar-refractivity contribution is 7.92. The number of carbonyl (C=O) groups excluding carboxylic acids is 1. The second kappa shape index (κ2) is 7.75. The van der Waals surface area contributed by atoms with E-state index < -0.39 is 15.8 Å². The largest absolute Gasteiger partial charge is 0.326 e. The van der Waals surface area contributed by atoms with Crippen molar-refractivity contribution < 1.29 is 17.6 Å². The van der Waals surface area contributed by atoms with E-state index in [-0.39, 0.29) is 29.9 Å². The molecule has 1 saturated heterocycles. The molecule has 0 radical (unpaired) electrons. The van der Waals surface area contributed by atoms with Crippen molar-refractivity contribution >= 4 is 39.7 Å². The zero-order chi connectivity index (χ0) is 15.5. The van der Waals surface area contributed by atoms with E-state index in [0.717, 1.165) is 38.3 Å². The number of hydrogen-bond donors (Lipinski definition) is 3. The van der Waals surface area contributed by atoms with Gasteiger partial charge in [0.05, 0.1) is 11.9 Å². The first-order valence-electron chi connectivity index (χ1n) is 6.64. The van der Waals surface area contributed by atoms with Gasteiger partial charge < -0.3 is 10.6 Å². The Morgan fingerprint density at radius 2 is 1.95 bits per heavy atom. The van der Waals surface area contributed by atoms with E-state index in [2.05, 4.69) is 15.4 Å². The van der Waals surface area contributed by atoms with E-state index in [1.807, 2.05) is 0 Å². The molecule has 1 amide bonds. The monoisotopic (exact) mass is 351 g/mol. The van der Waals surface area contributed by atoms with Gasteiger partial charge in [0.25, 0.3) is 0 Å². The second-order valence-corrected chi connectivity index (χ2v) is 6.83. The summed E-state index contributed by atoms with van der Waals surface area (Å²) in [6.45, 7) is 1.59. The van der Waals surface area contributed by atoms with E-state index in [0.29, 0.717) is 5.69 Å². The minimum absolute atomic E-state index is 0. The summed E-state index contributed by atoms with van der Waals surface area (Å²) in [5.74, 6) is -0.906. The van der Waals surface area contributed by atoms with Crippen LogP contribution in [0.2, 0.25) is 0 Å². The number of piperidine rings is 1. The van der Waals surface area contributed by atoms with Crippen molar-refractivity contribution in [1.82, 2.24) is 5.32 Å². The molecule has 1 aromatic carbocycles. The van der Waals surface area contributed by atoms with Gasteiger partial charge >= 0.3 is 0 Å². The van der Waals surface area contributed by atoms with Crippen LogP contribution in [0.5, 0.6) is 0 Å². The van der Waals surface area contributed by atoms with Crippen LogP contribution < -0.4 is 15.4 Å². The molecule has 1 aliphatic heterocycles. The summed E-state index contributed by atoms with van der Waals surface area (Å²) in [5.41, 5.74) is 0.187. The highest BCUT2D eigenvalue weighted by atomic mass is 35.5. The van der Waals surface area contributed by atoms with Gasteiger partial charge in [-0.05, 0) is 44.1 Å². The molecule has 0 bridgehead atoms. The SMILES string of the molecule is CS(=O)(=O)Nc1cc(NC(=O)C2CCNCC2)ccc1F.Cl. The number of benzene rings is 1. The molecule has 22 heavy (non-hydrogen) atoms. The number of nitrogens with one attached hydrogen (secondary N) is 3. The number of amides is 1. The van der Waals surface area contributed by atoms with Crippen LogP contribution in [-0.4, -0.2) is 33.7 Å². The molecule has 0 aromatic heterocycles. The first-order valence-corrected chi connectivity index (χ1v) is 8.53. The maximum Gasteiger partial charge on any atom is 0.229 e. The molecule has 0 spiro atoms. The number of anilines is 2. The Kier molecular flexibility index (Phi) is 6.58. The minimum Gasteiger partial charge on any atom is -0.326 e. The van der Waals surface area contributed by atoms with Crippen molar-refractivity contribution in [2.75, 3.05) is 29.4 Å². The molecule has 2 rings (SSSR count). The number of carbonyl (C=O) groups is 1. The summed E-state index contributed by atoms with van der Waals surface area (Å²) < 4.78 is 37.9. The average Bonchev–Trinajstić information content (AvgIpc) is 2.42. The molecule has 1 aliphatic rings. The summed E-state index contributed by atoms with van der Waals surface area (Å²) >= 11 is 0. The van der Waals surface area contributed by atoms with Crippen molar-refractivity contribution in [3.05, 3.63) is 24.0 Å². The topological polar surface area (TPSA) is 87.3 Å². The van der Waals surface area contributed by atoms with Crippen molar-refractivity contribution in [2.24, 2.45) is 5.92 Å². The molecule has 1 fully saturated rings. The van der Waals surface area contributed by atoms with Gasteiger partial charge in [-0.2, -0.15) is 0 Å². The lowest BCUT2D eigenvalue weighted by Gasteiger charge is -2.21. The van der Waals surface area contributed by atoms with Crippen molar-refractivity contribution in [1.29, 1.82) is 0 Å². The summed E-state index contributed by atoms with van der Waals surface area (Å²) in [6.07, 6.45) is 2.44. The van der Waals surface area contributed by atoms with Crippen LogP contribution in [0.1, 0.15) is 12.8 Å². The maximum absolute atomic E-state index is 13.5. The van der Waals surface area contributed by atoms with Crippen LogP contribution in [-0.2, 0) is 14.8 Å². The van der Waals surface area contributed by atoms with Gasteiger partial charge in [0.15, 0.2) is 0 Å². The first kappa shape index (κ1) is 18.7. The molecule has 124 valence electrons. The Morgan fingerprint density at radius 1 is 1.32 bits per heavy atom. The molecule has 9 heteroatoms. The van der Waals surface area contributed by atoms with Gasteiger partial charge in [0, 0.05) is 11.6 Å². The van der Waals surface area contributed by atoms with E-state index >= 15 is 0 Å². The number of sulfonamides is 1. The molecule has 1 heterocycles. The molecular formula is C13H19ClFN3O3S. The molecule has 0 unspecified atom stereocenters. The van der Waals surface area contributed by atoms with E-state index in [1.54, 1.807) is 0 Å². The lowest BCUT2D eigenvalue weighted by atomic mass is 9.97. The van der Waals surface area contributed by atoms with Gasteiger partial charge in [0.1, 0.15) is 5.82 Å². The summed E-state index contributed by atoms with van der Waals surface area (Å²) in [5, 5.41) is 5.87. The molecule has 0 aliphatic carbocycles. The maximum atomic E-state index is 13.5. The van der Waals surface area contributed by atoms with E-state index in [4.69, 9.17) is 0 Å².